The minimum Gasteiger partial charge on any atom is -0.448 e. The van der Waals surface area contributed by atoms with E-state index in [4.69, 9.17) is 4.74 Å². The number of carbonyl (C=O) groups excluding carboxylic acids is 2. The van der Waals surface area contributed by atoms with E-state index >= 15 is 0 Å². The molecule has 3 aromatic rings. The van der Waals surface area contributed by atoms with Crippen LogP contribution in [0.1, 0.15) is 21.5 Å². The molecule has 1 aliphatic rings. The quantitative estimate of drug-likeness (QED) is 0.740. The van der Waals surface area contributed by atoms with E-state index in [0.717, 1.165) is 16.8 Å². The fraction of sp³-hybridized carbons (Fsp3) is 0.150. The summed E-state index contributed by atoms with van der Waals surface area (Å²) in [5.74, 6) is -0.273. The van der Waals surface area contributed by atoms with Crippen molar-refractivity contribution < 1.29 is 14.3 Å². The smallest absolute Gasteiger partial charge is 0.339 e. The number of amides is 1. The molecule has 0 unspecified atom stereocenters. The lowest BCUT2D eigenvalue weighted by molar-refractivity contribution is -0.125. The maximum absolute atomic E-state index is 12.7. The Kier molecular flexibility index (Phi) is 4.01. The van der Waals surface area contributed by atoms with Gasteiger partial charge in [0, 0.05) is 12.0 Å². The van der Waals surface area contributed by atoms with Gasteiger partial charge >= 0.3 is 5.97 Å². The molecule has 0 saturated carbocycles. The van der Waals surface area contributed by atoms with Crippen molar-refractivity contribution in [3.8, 4) is 5.69 Å². The second-order valence-electron chi connectivity index (χ2n) is 6.17. The summed E-state index contributed by atoms with van der Waals surface area (Å²) in [5.41, 5.74) is 2.99. The predicted octanol–water partition coefficient (Wildman–Crippen LogP) is 2.90. The molecule has 0 bridgehead atoms. The van der Waals surface area contributed by atoms with Crippen LogP contribution in [0.15, 0.2) is 60.8 Å². The van der Waals surface area contributed by atoms with E-state index in [9.17, 15) is 9.59 Å². The van der Waals surface area contributed by atoms with Crippen LogP contribution in [0.3, 0.4) is 0 Å². The van der Waals surface area contributed by atoms with Crippen molar-refractivity contribution in [3.05, 3.63) is 77.5 Å². The topological polar surface area (TPSA) is 73.2 Å². The Bertz CT molecular complexity index is 979. The van der Waals surface area contributed by atoms with Gasteiger partial charge in [0.05, 0.1) is 17.4 Å². The van der Waals surface area contributed by atoms with Gasteiger partial charge in [-0.05, 0) is 30.7 Å². The molecule has 4 rings (SSSR count). The molecule has 1 aliphatic heterocycles. The van der Waals surface area contributed by atoms with Crippen molar-refractivity contribution in [1.82, 2.24) is 9.78 Å². The number of nitrogens with one attached hydrogen (secondary N) is 1. The number of cyclic esters (lactones) is 1. The molecule has 1 atom stereocenters. The Labute approximate surface area is 150 Å². The zero-order valence-electron chi connectivity index (χ0n) is 14.2. The van der Waals surface area contributed by atoms with E-state index in [-0.39, 0.29) is 5.91 Å². The molecule has 2 aromatic carbocycles. The molecule has 26 heavy (non-hydrogen) atoms. The maximum Gasteiger partial charge on any atom is 0.339 e. The fourth-order valence-electron chi connectivity index (χ4n) is 3.02. The van der Waals surface area contributed by atoms with Gasteiger partial charge < -0.3 is 10.1 Å². The van der Waals surface area contributed by atoms with Crippen LogP contribution < -0.4 is 5.32 Å². The Hall–Kier alpha value is -3.41. The largest absolute Gasteiger partial charge is 0.448 e. The summed E-state index contributed by atoms with van der Waals surface area (Å²) in [4.78, 5) is 24.9. The van der Waals surface area contributed by atoms with Crippen molar-refractivity contribution in [1.29, 1.82) is 0 Å². The number of ether oxygens (including phenoxy) is 1. The van der Waals surface area contributed by atoms with Gasteiger partial charge in [-0.25, -0.2) is 9.48 Å². The minimum absolute atomic E-state index is 0.353. The summed E-state index contributed by atoms with van der Waals surface area (Å²) in [7, 11) is 0. The summed E-state index contributed by atoms with van der Waals surface area (Å²) in [6, 6.07) is 16.7. The molecule has 0 spiro atoms. The number of fused-ring (bicyclic) bond motifs is 1. The van der Waals surface area contributed by atoms with Gasteiger partial charge in [-0.3, -0.25) is 4.79 Å². The normalized spacial score (nSPS) is 15.9. The SMILES string of the molecule is Cc1cnn(-c2ccccc2)c1NC(=O)[C@H]1Cc2ccccc2C(=O)O1. The number of benzene rings is 2. The highest BCUT2D eigenvalue weighted by Gasteiger charge is 2.31. The molecular formula is C20H17N3O3. The first-order valence-electron chi connectivity index (χ1n) is 8.33. The number of aryl methyl sites for hydroxylation is 1. The second kappa shape index (κ2) is 6.48. The third-order valence-corrected chi connectivity index (χ3v) is 4.38. The molecule has 6 nitrogen and oxygen atoms in total. The predicted molar refractivity (Wildman–Crippen MR) is 96.3 cm³/mol. The Morgan fingerprint density at radius 1 is 1.15 bits per heavy atom. The average Bonchev–Trinajstić information content (AvgIpc) is 3.03. The number of para-hydroxylation sites is 1. The minimum atomic E-state index is -0.865. The van der Waals surface area contributed by atoms with Crippen LogP contribution in [-0.2, 0) is 16.0 Å². The molecule has 0 aliphatic carbocycles. The molecule has 0 saturated heterocycles. The molecule has 1 N–H and O–H groups in total. The zero-order chi connectivity index (χ0) is 18.1. The Morgan fingerprint density at radius 2 is 1.88 bits per heavy atom. The van der Waals surface area contributed by atoms with Crippen molar-refractivity contribution in [3.63, 3.8) is 0 Å². The molecule has 0 radical (unpaired) electrons. The van der Waals surface area contributed by atoms with E-state index in [1.807, 2.05) is 49.4 Å². The summed E-state index contributed by atoms with van der Waals surface area (Å²) < 4.78 is 6.99. The van der Waals surface area contributed by atoms with Gasteiger partial charge in [0.25, 0.3) is 5.91 Å². The average molecular weight is 347 g/mol. The van der Waals surface area contributed by atoms with Crippen LogP contribution in [0.25, 0.3) is 5.69 Å². The first-order valence-corrected chi connectivity index (χ1v) is 8.33. The molecule has 2 heterocycles. The fourth-order valence-corrected chi connectivity index (χ4v) is 3.02. The molecule has 1 aromatic heterocycles. The van der Waals surface area contributed by atoms with Gasteiger partial charge in [0.1, 0.15) is 5.82 Å². The molecule has 0 fully saturated rings. The van der Waals surface area contributed by atoms with E-state index < -0.39 is 12.1 Å². The van der Waals surface area contributed by atoms with Gasteiger partial charge in [-0.1, -0.05) is 36.4 Å². The molecular weight excluding hydrogens is 330 g/mol. The first-order chi connectivity index (χ1) is 12.6. The summed E-state index contributed by atoms with van der Waals surface area (Å²) in [6.07, 6.45) is 1.17. The molecule has 6 heteroatoms. The first kappa shape index (κ1) is 16.1. The van der Waals surface area contributed by atoms with Gasteiger partial charge in [-0.15, -0.1) is 0 Å². The van der Waals surface area contributed by atoms with Gasteiger partial charge in [0.2, 0.25) is 0 Å². The standard InChI is InChI=1S/C20H17N3O3/c1-13-12-21-23(15-8-3-2-4-9-15)18(13)22-19(24)17-11-14-7-5-6-10-16(14)20(25)26-17/h2-10,12,17H,11H2,1H3,(H,22,24)/t17-/m1/s1. The third-order valence-electron chi connectivity index (χ3n) is 4.38. The Balaban J connectivity index is 1.59. The lowest BCUT2D eigenvalue weighted by atomic mass is 9.98. The van der Waals surface area contributed by atoms with Crippen LogP contribution in [-0.4, -0.2) is 27.8 Å². The van der Waals surface area contributed by atoms with E-state index in [1.54, 1.807) is 23.0 Å². The number of carbonyl (C=O) groups is 2. The van der Waals surface area contributed by atoms with Crippen LogP contribution in [0.4, 0.5) is 5.82 Å². The van der Waals surface area contributed by atoms with E-state index in [1.165, 1.54) is 0 Å². The van der Waals surface area contributed by atoms with Gasteiger partial charge in [-0.2, -0.15) is 5.10 Å². The second-order valence-corrected chi connectivity index (χ2v) is 6.17. The lowest BCUT2D eigenvalue weighted by Crippen LogP contribution is -2.38. The van der Waals surface area contributed by atoms with Crippen LogP contribution in [0.5, 0.6) is 0 Å². The summed E-state index contributed by atoms with van der Waals surface area (Å²) >= 11 is 0. The number of esters is 1. The van der Waals surface area contributed by atoms with Crippen LogP contribution in [0.2, 0.25) is 0 Å². The zero-order valence-corrected chi connectivity index (χ0v) is 14.2. The summed E-state index contributed by atoms with van der Waals surface area (Å²) in [5, 5.41) is 7.19. The number of hydrogen-bond acceptors (Lipinski definition) is 4. The highest BCUT2D eigenvalue weighted by molar-refractivity contribution is 6.00. The summed E-state index contributed by atoms with van der Waals surface area (Å²) in [6.45, 7) is 1.87. The molecule has 130 valence electrons. The van der Waals surface area contributed by atoms with Gasteiger partial charge in [0.15, 0.2) is 6.10 Å². The van der Waals surface area contributed by atoms with Crippen molar-refractivity contribution in [2.45, 2.75) is 19.4 Å². The number of anilines is 1. The van der Waals surface area contributed by atoms with E-state index in [0.29, 0.717) is 17.8 Å². The monoisotopic (exact) mass is 347 g/mol. The molecule has 1 amide bonds. The number of aromatic nitrogens is 2. The van der Waals surface area contributed by atoms with Crippen LogP contribution >= 0.6 is 0 Å². The third kappa shape index (κ3) is 2.86. The van der Waals surface area contributed by atoms with Crippen molar-refractivity contribution >= 4 is 17.7 Å². The highest BCUT2D eigenvalue weighted by Crippen LogP contribution is 2.23. The van der Waals surface area contributed by atoms with Crippen LogP contribution in [0, 0.1) is 6.92 Å². The number of hydrogen-bond donors (Lipinski definition) is 1. The Morgan fingerprint density at radius 3 is 2.69 bits per heavy atom. The highest BCUT2D eigenvalue weighted by atomic mass is 16.5. The van der Waals surface area contributed by atoms with Crippen molar-refractivity contribution in [2.24, 2.45) is 0 Å². The lowest BCUT2D eigenvalue weighted by Gasteiger charge is -2.24. The van der Waals surface area contributed by atoms with E-state index in [2.05, 4.69) is 10.4 Å². The number of nitrogens with zero attached hydrogens (tertiary/aromatic N) is 2. The maximum atomic E-state index is 12.7. The number of rotatable bonds is 3. The van der Waals surface area contributed by atoms with Crippen molar-refractivity contribution in [2.75, 3.05) is 5.32 Å².